The molecule has 0 spiro atoms. The van der Waals surface area contributed by atoms with Crippen LogP contribution in [0.4, 0.5) is 4.39 Å². The fourth-order valence-corrected chi connectivity index (χ4v) is 1.49. The van der Waals surface area contributed by atoms with Crippen molar-refractivity contribution in [3.05, 3.63) is 34.9 Å². The van der Waals surface area contributed by atoms with Gasteiger partial charge in [0.05, 0.1) is 11.1 Å². The number of hydrogen-bond acceptors (Lipinski definition) is 4. The maximum atomic E-state index is 13.0. The molecular formula is C11H11ClFN3O. The lowest BCUT2D eigenvalue weighted by molar-refractivity contribution is 0.352. The van der Waals surface area contributed by atoms with Crippen molar-refractivity contribution in [2.24, 2.45) is 5.73 Å². The zero-order chi connectivity index (χ0) is 12.4. The number of benzene rings is 1. The molecule has 1 aromatic carbocycles. The highest BCUT2D eigenvalue weighted by atomic mass is 35.5. The van der Waals surface area contributed by atoms with Gasteiger partial charge in [-0.25, -0.2) is 4.39 Å². The van der Waals surface area contributed by atoms with Gasteiger partial charge in [0, 0.05) is 5.56 Å². The SMILES string of the molecule is CC[C@H](N)c1nc(-c2ccc(F)c(Cl)c2)no1. The van der Waals surface area contributed by atoms with E-state index < -0.39 is 5.82 Å². The highest BCUT2D eigenvalue weighted by Crippen LogP contribution is 2.23. The Morgan fingerprint density at radius 2 is 2.29 bits per heavy atom. The van der Waals surface area contributed by atoms with Gasteiger partial charge in [0.1, 0.15) is 5.82 Å². The number of nitrogens with zero attached hydrogens (tertiary/aromatic N) is 2. The Hall–Kier alpha value is -1.46. The second-order valence-electron chi connectivity index (χ2n) is 3.60. The summed E-state index contributed by atoms with van der Waals surface area (Å²) in [4.78, 5) is 4.14. The minimum absolute atomic E-state index is 0.0219. The summed E-state index contributed by atoms with van der Waals surface area (Å²) in [5, 5.41) is 3.80. The third-order valence-corrected chi connectivity index (χ3v) is 2.67. The van der Waals surface area contributed by atoms with Gasteiger partial charge in [-0.3, -0.25) is 0 Å². The fourth-order valence-electron chi connectivity index (χ4n) is 1.31. The average molecular weight is 256 g/mol. The average Bonchev–Trinajstić information content (AvgIpc) is 2.81. The van der Waals surface area contributed by atoms with E-state index in [2.05, 4.69) is 10.1 Å². The van der Waals surface area contributed by atoms with Crippen LogP contribution in [0.25, 0.3) is 11.4 Å². The van der Waals surface area contributed by atoms with Crippen molar-refractivity contribution in [2.45, 2.75) is 19.4 Å². The van der Waals surface area contributed by atoms with Crippen LogP contribution in [0.1, 0.15) is 25.3 Å². The maximum Gasteiger partial charge on any atom is 0.243 e. The van der Waals surface area contributed by atoms with Crippen LogP contribution in [-0.2, 0) is 0 Å². The minimum atomic E-state index is -0.482. The Labute approximate surface area is 103 Å². The Kier molecular flexibility index (Phi) is 3.40. The lowest BCUT2D eigenvalue weighted by Crippen LogP contribution is -2.08. The summed E-state index contributed by atoms with van der Waals surface area (Å²) in [6.07, 6.45) is 0.700. The zero-order valence-corrected chi connectivity index (χ0v) is 9.91. The van der Waals surface area contributed by atoms with Crippen molar-refractivity contribution in [2.75, 3.05) is 0 Å². The van der Waals surface area contributed by atoms with E-state index in [0.29, 0.717) is 23.7 Å². The van der Waals surface area contributed by atoms with Gasteiger partial charge in [-0.05, 0) is 24.6 Å². The Bertz CT molecular complexity index is 529. The highest BCUT2D eigenvalue weighted by Gasteiger charge is 2.14. The molecule has 0 amide bonds. The number of aromatic nitrogens is 2. The molecule has 90 valence electrons. The zero-order valence-electron chi connectivity index (χ0n) is 9.15. The molecule has 2 N–H and O–H groups in total. The molecule has 4 nitrogen and oxygen atoms in total. The first kappa shape index (κ1) is 12.0. The summed E-state index contributed by atoms with van der Waals surface area (Å²) in [6.45, 7) is 1.92. The van der Waals surface area contributed by atoms with Crippen LogP contribution < -0.4 is 5.73 Å². The molecule has 0 aliphatic carbocycles. The first-order chi connectivity index (χ1) is 8.11. The van der Waals surface area contributed by atoms with Crippen LogP contribution in [-0.4, -0.2) is 10.1 Å². The van der Waals surface area contributed by atoms with E-state index in [0.717, 1.165) is 0 Å². The molecule has 0 unspecified atom stereocenters. The minimum Gasteiger partial charge on any atom is -0.337 e. The summed E-state index contributed by atoms with van der Waals surface area (Å²) >= 11 is 5.67. The van der Waals surface area contributed by atoms with E-state index >= 15 is 0 Å². The predicted octanol–water partition coefficient (Wildman–Crippen LogP) is 2.94. The summed E-state index contributed by atoms with van der Waals surface area (Å²) in [5.74, 6) is 0.234. The van der Waals surface area contributed by atoms with Crippen LogP contribution in [0.15, 0.2) is 22.7 Å². The van der Waals surface area contributed by atoms with Crippen LogP contribution in [0.5, 0.6) is 0 Å². The van der Waals surface area contributed by atoms with Gasteiger partial charge in [-0.2, -0.15) is 4.98 Å². The van der Waals surface area contributed by atoms with Gasteiger partial charge in [0.15, 0.2) is 0 Å². The molecule has 0 saturated heterocycles. The molecule has 6 heteroatoms. The maximum absolute atomic E-state index is 13.0. The smallest absolute Gasteiger partial charge is 0.243 e. The third-order valence-electron chi connectivity index (χ3n) is 2.38. The molecule has 0 aliphatic heterocycles. The summed E-state index contributed by atoms with van der Waals surface area (Å²) in [7, 11) is 0. The fraction of sp³-hybridized carbons (Fsp3) is 0.273. The van der Waals surface area contributed by atoms with Crippen molar-refractivity contribution in [3.8, 4) is 11.4 Å². The number of nitrogens with two attached hydrogens (primary N) is 1. The van der Waals surface area contributed by atoms with Gasteiger partial charge < -0.3 is 10.3 Å². The number of rotatable bonds is 3. The lowest BCUT2D eigenvalue weighted by Gasteiger charge is -1.99. The van der Waals surface area contributed by atoms with Crippen molar-refractivity contribution >= 4 is 11.6 Å². The standard InChI is InChI=1S/C11H11ClFN3O/c1-2-9(14)11-15-10(16-17-11)6-3-4-8(13)7(12)5-6/h3-5,9H,2,14H2,1H3/t9-/m0/s1. The monoisotopic (exact) mass is 255 g/mol. The molecule has 2 aromatic rings. The Morgan fingerprint density at radius 1 is 1.53 bits per heavy atom. The molecule has 0 fully saturated rings. The molecule has 1 heterocycles. The molecule has 0 radical (unpaired) electrons. The molecule has 1 aromatic heterocycles. The molecule has 17 heavy (non-hydrogen) atoms. The van der Waals surface area contributed by atoms with Gasteiger partial charge in [0.2, 0.25) is 11.7 Å². The van der Waals surface area contributed by atoms with E-state index in [1.165, 1.54) is 18.2 Å². The molecule has 0 saturated carbocycles. The van der Waals surface area contributed by atoms with Crippen LogP contribution in [0, 0.1) is 5.82 Å². The summed E-state index contributed by atoms with van der Waals surface area (Å²) < 4.78 is 18.0. The van der Waals surface area contributed by atoms with Gasteiger partial charge >= 0.3 is 0 Å². The molecular weight excluding hydrogens is 245 g/mol. The first-order valence-corrected chi connectivity index (χ1v) is 5.54. The largest absolute Gasteiger partial charge is 0.337 e. The first-order valence-electron chi connectivity index (χ1n) is 5.16. The van der Waals surface area contributed by atoms with Gasteiger partial charge in [-0.15, -0.1) is 0 Å². The van der Waals surface area contributed by atoms with Crippen LogP contribution in [0.3, 0.4) is 0 Å². The van der Waals surface area contributed by atoms with Crippen molar-refractivity contribution in [3.63, 3.8) is 0 Å². The second kappa shape index (κ2) is 4.81. The van der Waals surface area contributed by atoms with E-state index in [-0.39, 0.29) is 11.1 Å². The summed E-state index contributed by atoms with van der Waals surface area (Å²) in [5.41, 5.74) is 6.35. The normalized spacial score (nSPS) is 12.7. The van der Waals surface area contributed by atoms with Crippen molar-refractivity contribution < 1.29 is 8.91 Å². The Balaban J connectivity index is 2.33. The summed E-state index contributed by atoms with van der Waals surface area (Å²) in [6, 6.07) is 3.95. The number of halogens is 2. The van der Waals surface area contributed by atoms with Crippen LogP contribution >= 0.6 is 11.6 Å². The third kappa shape index (κ3) is 2.45. The van der Waals surface area contributed by atoms with Gasteiger partial charge in [-0.1, -0.05) is 23.7 Å². The van der Waals surface area contributed by atoms with Crippen LogP contribution in [0.2, 0.25) is 5.02 Å². The second-order valence-corrected chi connectivity index (χ2v) is 4.01. The topological polar surface area (TPSA) is 64.9 Å². The predicted molar refractivity (Wildman–Crippen MR) is 61.9 cm³/mol. The van der Waals surface area contributed by atoms with Crippen molar-refractivity contribution in [1.29, 1.82) is 0 Å². The Morgan fingerprint density at radius 3 is 2.94 bits per heavy atom. The molecule has 1 atom stereocenters. The van der Waals surface area contributed by atoms with E-state index in [4.69, 9.17) is 21.9 Å². The number of hydrogen-bond donors (Lipinski definition) is 1. The van der Waals surface area contributed by atoms with Gasteiger partial charge in [0.25, 0.3) is 0 Å². The lowest BCUT2D eigenvalue weighted by atomic mass is 10.2. The van der Waals surface area contributed by atoms with E-state index in [9.17, 15) is 4.39 Å². The van der Waals surface area contributed by atoms with Crippen molar-refractivity contribution in [1.82, 2.24) is 10.1 Å². The molecule has 2 rings (SSSR count). The quantitative estimate of drug-likeness (QED) is 0.916. The van der Waals surface area contributed by atoms with E-state index in [1.54, 1.807) is 0 Å². The molecule has 0 bridgehead atoms. The highest BCUT2D eigenvalue weighted by molar-refractivity contribution is 6.31. The van der Waals surface area contributed by atoms with E-state index in [1.807, 2.05) is 6.92 Å². The molecule has 0 aliphatic rings.